The molecule has 1 aromatic carbocycles. The van der Waals surface area contributed by atoms with Gasteiger partial charge in [0.25, 0.3) is 0 Å². The van der Waals surface area contributed by atoms with Gasteiger partial charge in [-0.1, -0.05) is 37.3 Å². The number of hydrogen-bond donors (Lipinski definition) is 2. The third-order valence-corrected chi connectivity index (χ3v) is 2.59. The van der Waals surface area contributed by atoms with Crippen LogP contribution in [-0.2, 0) is 4.79 Å². The lowest BCUT2D eigenvalue weighted by atomic mass is 10.2. The molecule has 1 amide bonds. The number of aromatic nitrogens is 2. The van der Waals surface area contributed by atoms with Gasteiger partial charge in [-0.25, -0.2) is 9.66 Å². The zero-order valence-corrected chi connectivity index (χ0v) is 11.2. The standard InChI is InChI=1S/C14H18N4O/c1-3-9-15-14-16-13(10-18(14)17-11(2)19)12-7-5-4-6-8-12/h4-8,10H,3,9H2,1-2H3,(H,15,16)(H,17,19). The van der Waals surface area contributed by atoms with Gasteiger partial charge in [-0.3, -0.25) is 10.2 Å². The van der Waals surface area contributed by atoms with Crippen molar-refractivity contribution < 1.29 is 4.79 Å². The molecule has 2 N–H and O–H groups in total. The molecule has 0 bridgehead atoms. The molecule has 0 aliphatic rings. The van der Waals surface area contributed by atoms with Crippen molar-refractivity contribution in [3.63, 3.8) is 0 Å². The molecule has 100 valence electrons. The Hall–Kier alpha value is -2.30. The van der Waals surface area contributed by atoms with Crippen LogP contribution in [0.3, 0.4) is 0 Å². The fourth-order valence-electron chi connectivity index (χ4n) is 1.74. The van der Waals surface area contributed by atoms with E-state index >= 15 is 0 Å². The Morgan fingerprint density at radius 1 is 1.32 bits per heavy atom. The number of amides is 1. The van der Waals surface area contributed by atoms with Crippen molar-refractivity contribution >= 4 is 11.9 Å². The van der Waals surface area contributed by atoms with Crippen molar-refractivity contribution in [3.8, 4) is 11.3 Å². The average Bonchev–Trinajstić information content (AvgIpc) is 2.80. The quantitative estimate of drug-likeness (QED) is 0.866. The van der Waals surface area contributed by atoms with Gasteiger partial charge in [0.05, 0.1) is 11.9 Å². The predicted octanol–water partition coefficient (Wildman–Crippen LogP) is 2.46. The van der Waals surface area contributed by atoms with Gasteiger partial charge >= 0.3 is 0 Å². The number of carbonyl (C=O) groups excluding carboxylic acids is 1. The SMILES string of the molecule is CCCNc1nc(-c2ccccc2)cn1NC(C)=O. The lowest BCUT2D eigenvalue weighted by Crippen LogP contribution is -2.21. The van der Waals surface area contributed by atoms with Gasteiger partial charge < -0.3 is 5.32 Å². The molecule has 0 aliphatic heterocycles. The summed E-state index contributed by atoms with van der Waals surface area (Å²) in [7, 11) is 0. The summed E-state index contributed by atoms with van der Waals surface area (Å²) in [6, 6.07) is 9.87. The molecule has 19 heavy (non-hydrogen) atoms. The van der Waals surface area contributed by atoms with Crippen molar-refractivity contribution in [1.29, 1.82) is 0 Å². The molecular formula is C14H18N4O. The highest BCUT2D eigenvalue weighted by Crippen LogP contribution is 2.19. The number of nitrogens with zero attached hydrogens (tertiary/aromatic N) is 2. The third-order valence-electron chi connectivity index (χ3n) is 2.59. The molecule has 0 unspecified atom stereocenters. The van der Waals surface area contributed by atoms with E-state index in [1.165, 1.54) is 6.92 Å². The fraction of sp³-hybridized carbons (Fsp3) is 0.286. The zero-order valence-electron chi connectivity index (χ0n) is 11.2. The first kappa shape index (κ1) is 13.1. The summed E-state index contributed by atoms with van der Waals surface area (Å²) in [6.07, 6.45) is 2.81. The monoisotopic (exact) mass is 258 g/mol. The molecule has 2 rings (SSSR count). The Bertz CT molecular complexity index is 548. The van der Waals surface area contributed by atoms with E-state index in [2.05, 4.69) is 22.7 Å². The minimum atomic E-state index is -0.128. The van der Waals surface area contributed by atoms with Crippen LogP contribution in [0.1, 0.15) is 20.3 Å². The van der Waals surface area contributed by atoms with Crippen LogP contribution in [0.4, 0.5) is 5.95 Å². The van der Waals surface area contributed by atoms with Crippen molar-refractivity contribution in [1.82, 2.24) is 9.66 Å². The highest BCUT2D eigenvalue weighted by molar-refractivity contribution is 5.81. The Balaban J connectivity index is 2.31. The number of anilines is 1. The van der Waals surface area contributed by atoms with Crippen molar-refractivity contribution in [2.24, 2.45) is 0 Å². The fourth-order valence-corrected chi connectivity index (χ4v) is 1.74. The van der Waals surface area contributed by atoms with Crippen LogP contribution < -0.4 is 10.7 Å². The van der Waals surface area contributed by atoms with Crippen molar-refractivity contribution in [2.45, 2.75) is 20.3 Å². The van der Waals surface area contributed by atoms with Gasteiger partial charge in [-0.2, -0.15) is 0 Å². The van der Waals surface area contributed by atoms with E-state index in [1.807, 2.05) is 36.5 Å². The Labute approximate surface area is 112 Å². The smallest absolute Gasteiger partial charge is 0.235 e. The summed E-state index contributed by atoms with van der Waals surface area (Å²) in [5, 5.41) is 3.20. The highest BCUT2D eigenvalue weighted by atomic mass is 16.2. The second-order valence-electron chi connectivity index (χ2n) is 4.28. The average molecular weight is 258 g/mol. The summed E-state index contributed by atoms with van der Waals surface area (Å²) in [6.45, 7) is 4.37. The van der Waals surface area contributed by atoms with E-state index in [9.17, 15) is 4.79 Å². The number of rotatable bonds is 5. The van der Waals surface area contributed by atoms with E-state index in [-0.39, 0.29) is 5.91 Å². The molecular weight excluding hydrogens is 240 g/mol. The second kappa shape index (κ2) is 6.04. The molecule has 5 heteroatoms. The van der Waals surface area contributed by atoms with Crippen molar-refractivity contribution in [3.05, 3.63) is 36.5 Å². The molecule has 0 saturated carbocycles. The van der Waals surface area contributed by atoms with Gasteiger partial charge in [0.15, 0.2) is 0 Å². The van der Waals surface area contributed by atoms with Gasteiger partial charge in [0, 0.05) is 19.0 Å². The van der Waals surface area contributed by atoms with Crippen LogP contribution in [0, 0.1) is 0 Å². The second-order valence-corrected chi connectivity index (χ2v) is 4.28. The van der Waals surface area contributed by atoms with Crippen LogP contribution in [0.25, 0.3) is 11.3 Å². The normalized spacial score (nSPS) is 10.2. The third kappa shape index (κ3) is 3.34. The summed E-state index contributed by atoms with van der Waals surface area (Å²) < 4.78 is 1.63. The van der Waals surface area contributed by atoms with Crippen LogP contribution >= 0.6 is 0 Å². The van der Waals surface area contributed by atoms with E-state index in [4.69, 9.17) is 0 Å². The first-order chi connectivity index (χ1) is 9.20. The van der Waals surface area contributed by atoms with E-state index in [0.29, 0.717) is 5.95 Å². The number of benzene rings is 1. The molecule has 0 spiro atoms. The summed E-state index contributed by atoms with van der Waals surface area (Å²) in [5.41, 5.74) is 4.57. The van der Waals surface area contributed by atoms with E-state index < -0.39 is 0 Å². The molecule has 0 fully saturated rings. The van der Waals surface area contributed by atoms with Crippen LogP contribution in [-0.4, -0.2) is 22.1 Å². The lowest BCUT2D eigenvalue weighted by Gasteiger charge is -2.08. The number of carbonyl (C=O) groups is 1. The number of hydrogen-bond acceptors (Lipinski definition) is 3. The summed E-state index contributed by atoms with van der Waals surface area (Å²) in [5.74, 6) is 0.521. The summed E-state index contributed by atoms with van der Waals surface area (Å²) >= 11 is 0. The number of nitrogens with one attached hydrogen (secondary N) is 2. The molecule has 0 aliphatic carbocycles. The van der Waals surface area contributed by atoms with Crippen LogP contribution in [0.5, 0.6) is 0 Å². The van der Waals surface area contributed by atoms with Gasteiger partial charge in [0.2, 0.25) is 11.9 Å². The molecule has 5 nitrogen and oxygen atoms in total. The zero-order chi connectivity index (χ0) is 13.7. The van der Waals surface area contributed by atoms with Gasteiger partial charge in [-0.15, -0.1) is 0 Å². The summed E-state index contributed by atoms with van der Waals surface area (Å²) in [4.78, 5) is 15.7. The molecule has 0 saturated heterocycles. The highest BCUT2D eigenvalue weighted by Gasteiger charge is 2.09. The maximum atomic E-state index is 11.2. The largest absolute Gasteiger partial charge is 0.354 e. The first-order valence-electron chi connectivity index (χ1n) is 6.37. The maximum Gasteiger partial charge on any atom is 0.235 e. The number of imidazole rings is 1. The molecule has 1 aromatic heterocycles. The van der Waals surface area contributed by atoms with E-state index in [0.717, 1.165) is 24.2 Å². The minimum absolute atomic E-state index is 0.128. The van der Waals surface area contributed by atoms with Crippen LogP contribution in [0.15, 0.2) is 36.5 Å². The maximum absolute atomic E-state index is 11.2. The lowest BCUT2D eigenvalue weighted by molar-refractivity contribution is -0.115. The van der Waals surface area contributed by atoms with Gasteiger partial charge in [-0.05, 0) is 6.42 Å². The van der Waals surface area contributed by atoms with E-state index in [1.54, 1.807) is 4.68 Å². The molecule has 0 radical (unpaired) electrons. The Morgan fingerprint density at radius 3 is 2.68 bits per heavy atom. The Morgan fingerprint density at radius 2 is 2.05 bits per heavy atom. The minimum Gasteiger partial charge on any atom is -0.354 e. The van der Waals surface area contributed by atoms with Crippen LogP contribution in [0.2, 0.25) is 0 Å². The molecule has 2 aromatic rings. The predicted molar refractivity (Wildman–Crippen MR) is 76.5 cm³/mol. The first-order valence-corrected chi connectivity index (χ1v) is 6.37. The molecule has 0 atom stereocenters. The topological polar surface area (TPSA) is 59.0 Å². The molecule has 1 heterocycles. The van der Waals surface area contributed by atoms with Crippen molar-refractivity contribution in [2.75, 3.05) is 17.3 Å². The van der Waals surface area contributed by atoms with Gasteiger partial charge in [0.1, 0.15) is 0 Å². The Kier molecular flexibility index (Phi) is 4.18.